The number of hydrazone groups is 1. The number of amidine groups is 1. The molecule has 0 spiro atoms. The number of rotatable bonds is 1. The van der Waals surface area contributed by atoms with Gasteiger partial charge < -0.3 is 11.5 Å². The zero-order chi connectivity index (χ0) is 12.7. The highest BCUT2D eigenvalue weighted by Gasteiger charge is 2.31. The number of aliphatic imine (C=N–C) groups is 1. The number of hydrogen-bond acceptors (Lipinski definition) is 6. The predicted octanol–water partition coefficient (Wildman–Crippen LogP) is 1.50. The van der Waals surface area contributed by atoms with Crippen LogP contribution in [-0.4, -0.2) is 21.4 Å². The summed E-state index contributed by atoms with van der Waals surface area (Å²) in [6, 6.07) is 7.49. The van der Waals surface area contributed by atoms with Crippen molar-refractivity contribution in [3.05, 3.63) is 46.7 Å². The van der Waals surface area contributed by atoms with E-state index < -0.39 is 0 Å². The first-order valence-corrected chi connectivity index (χ1v) is 6.50. The Kier molecular flexibility index (Phi) is 2.68. The molecule has 2 aliphatic heterocycles. The van der Waals surface area contributed by atoms with Crippen LogP contribution >= 0.6 is 23.4 Å². The molecule has 92 valence electrons. The topological polar surface area (TPSA) is 80.0 Å². The van der Waals surface area contributed by atoms with Crippen molar-refractivity contribution in [3.63, 3.8) is 0 Å². The third-order valence-corrected chi connectivity index (χ3v) is 3.84. The second-order valence-corrected chi connectivity index (χ2v) is 5.30. The molecule has 0 amide bonds. The quantitative estimate of drug-likeness (QED) is 0.816. The fourth-order valence-electron chi connectivity index (χ4n) is 1.69. The van der Waals surface area contributed by atoms with Crippen LogP contribution in [-0.2, 0) is 0 Å². The predicted molar refractivity (Wildman–Crippen MR) is 75.1 cm³/mol. The molecule has 0 bridgehead atoms. The molecule has 3 rings (SSSR count). The summed E-state index contributed by atoms with van der Waals surface area (Å²) in [5.74, 6) is 0.928. The summed E-state index contributed by atoms with van der Waals surface area (Å²) in [7, 11) is 0. The van der Waals surface area contributed by atoms with Crippen LogP contribution in [0.3, 0.4) is 0 Å². The van der Waals surface area contributed by atoms with Gasteiger partial charge in [-0.25, -0.2) is 10.0 Å². The van der Waals surface area contributed by atoms with E-state index in [1.165, 1.54) is 11.8 Å². The van der Waals surface area contributed by atoms with Crippen LogP contribution < -0.4 is 11.5 Å². The lowest BCUT2D eigenvalue weighted by atomic mass is 10.2. The van der Waals surface area contributed by atoms with Gasteiger partial charge >= 0.3 is 0 Å². The lowest BCUT2D eigenvalue weighted by Crippen LogP contribution is -2.33. The maximum atomic E-state index is 5.86. The number of nitrogens with zero attached hydrogens (tertiary/aromatic N) is 3. The van der Waals surface area contributed by atoms with E-state index in [1.54, 1.807) is 11.1 Å². The van der Waals surface area contributed by atoms with E-state index in [-0.39, 0.29) is 5.50 Å². The van der Waals surface area contributed by atoms with Gasteiger partial charge in [0.15, 0.2) is 5.50 Å². The van der Waals surface area contributed by atoms with Gasteiger partial charge in [0.1, 0.15) is 16.7 Å². The standard InChI is InChI=1S/C11H10ClN5S/c12-7-3-1-6(2-4-7)10-16-17-9(14)5-8(13)15-11(17)18-10/h1-5,11H,14H2,(H2,13,15). The van der Waals surface area contributed by atoms with E-state index in [0.717, 1.165) is 10.6 Å². The number of fused-ring (bicyclic) bond motifs is 1. The summed E-state index contributed by atoms with van der Waals surface area (Å²) in [5.41, 5.74) is 12.3. The van der Waals surface area contributed by atoms with Gasteiger partial charge in [-0.1, -0.05) is 35.5 Å². The van der Waals surface area contributed by atoms with Gasteiger partial charge in [-0.15, -0.1) is 0 Å². The van der Waals surface area contributed by atoms with E-state index in [0.29, 0.717) is 16.7 Å². The van der Waals surface area contributed by atoms with Crippen LogP contribution in [0, 0.1) is 0 Å². The van der Waals surface area contributed by atoms with Crippen molar-refractivity contribution in [2.45, 2.75) is 5.50 Å². The minimum atomic E-state index is -0.208. The van der Waals surface area contributed by atoms with Crippen LogP contribution in [0.2, 0.25) is 5.02 Å². The first-order valence-electron chi connectivity index (χ1n) is 5.24. The minimum Gasteiger partial charge on any atom is -0.384 e. The van der Waals surface area contributed by atoms with Crippen molar-refractivity contribution in [3.8, 4) is 0 Å². The summed E-state index contributed by atoms with van der Waals surface area (Å²) >= 11 is 7.36. The van der Waals surface area contributed by atoms with Crippen LogP contribution in [0.25, 0.3) is 0 Å². The Morgan fingerprint density at radius 3 is 2.67 bits per heavy atom. The smallest absolute Gasteiger partial charge is 0.198 e. The largest absolute Gasteiger partial charge is 0.384 e. The molecular weight excluding hydrogens is 270 g/mol. The summed E-state index contributed by atoms with van der Waals surface area (Å²) in [6.45, 7) is 0. The maximum absolute atomic E-state index is 5.86. The molecule has 0 saturated carbocycles. The highest BCUT2D eigenvalue weighted by Crippen LogP contribution is 2.33. The molecule has 4 N–H and O–H groups in total. The van der Waals surface area contributed by atoms with Gasteiger partial charge in [-0.2, -0.15) is 5.10 Å². The molecule has 18 heavy (non-hydrogen) atoms. The van der Waals surface area contributed by atoms with E-state index >= 15 is 0 Å². The summed E-state index contributed by atoms with van der Waals surface area (Å²) in [5, 5.41) is 7.65. The summed E-state index contributed by atoms with van der Waals surface area (Å²) in [6.07, 6.45) is 1.60. The van der Waals surface area contributed by atoms with Crippen molar-refractivity contribution in [1.29, 1.82) is 0 Å². The van der Waals surface area contributed by atoms with E-state index in [1.807, 2.05) is 24.3 Å². The highest BCUT2D eigenvalue weighted by atomic mass is 35.5. The molecule has 1 unspecified atom stereocenters. The number of benzene rings is 1. The van der Waals surface area contributed by atoms with E-state index in [4.69, 9.17) is 23.1 Å². The second kappa shape index (κ2) is 4.22. The Balaban J connectivity index is 1.92. The molecule has 2 heterocycles. The highest BCUT2D eigenvalue weighted by molar-refractivity contribution is 8.15. The SMILES string of the molecule is NC1=CC(N)=NC2SC(c3ccc(Cl)cc3)=NN12. The monoisotopic (exact) mass is 279 g/mol. The third-order valence-electron chi connectivity index (χ3n) is 2.54. The number of halogens is 1. The average molecular weight is 280 g/mol. The van der Waals surface area contributed by atoms with Crippen LogP contribution in [0.15, 0.2) is 46.3 Å². The molecule has 1 aromatic rings. The molecule has 0 radical (unpaired) electrons. The Morgan fingerprint density at radius 1 is 1.22 bits per heavy atom. The molecule has 0 saturated heterocycles. The van der Waals surface area contributed by atoms with E-state index in [9.17, 15) is 0 Å². The normalized spacial score (nSPS) is 22.2. The molecule has 0 fully saturated rings. The van der Waals surface area contributed by atoms with E-state index in [2.05, 4.69) is 10.1 Å². The molecule has 1 aromatic carbocycles. The Bertz CT molecular complexity index is 578. The lowest BCUT2D eigenvalue weighted by molar-refractivity contribution is 0.349. The van der Waals surface area contributed by atoms with Crippen LogP contribution in [0.5, 0.6) is 0 Å². The fourth-order valence-corrected chi connectivity index (χ4v) is 2.86. The van der Waals surface area contributed by atoms with Crippen molar-refractivity contribution in [2.24, 2.45) is 21.6 Å². The Labute approximate surface area is 113 Å². The molecule has 2 aliphatic rings. The van der Waals surface area contributed by atoms with Gasteiger partial charge in [0.05, 0.1) is 0 Å². The molecule has 0 aliphatic carbocycles. The van der Waals surface area contributed by atoms with Crippen molar-refractivity contribution >= 4 is 34.2 Å². The first kappa shape index (κ1) is 11.4. The second-order valence-electron chi connectivity index (χ2n) is 3.82. The van der Waals surface area contributed by atoms with Crippen molar-refractivity contribution in [1.82, 2.24) is 5.01 Å². The lowest BCUT2D eigenvalue weighted by Gasteiger charge is -2.22. The zero-order valence-corrected chi connectivity index (χ0v) is 10.8. The van der Waals surface area contributed by atoms with Gasteiger partial charge in [-0.3, -0.25) is 0 Å². The Hall–Kier alpha value is -1.66. The van der Waals surface area contributed by atoms with Crippen molar-refractivity contribution in [2.75, 3.05) is 0 Å². The summed E-state index contributed by atoms with van der Waals surface area (Å²) in [4.78, 5) is 4.27. The molecular formula is C11H10ClN5S. The van der Waals surface area contributed by atoms with Crippen LogP contribution in [0.1, 0.15) is 5.56 Å². The molecule has 7 heteroatoms. The minimum absolute atomic E-state index is 0.208. The maximum Gasteiger partial charge on any atom is 0.198 e. The fraction of sp³-hybridized carbons (Fsp3) is 0.0909. The zero-order valence-electron chi connectivity index (χ0n) is 9.25. The van der Waals surface area contributed by atoms with Gasteiger partial charge in [-0.05, 0) is 12.1 Å². The van der Waals surface area contributed by atoms with Crippen LogP contribution in [0.4, 0.5) is 0 Å². The first-order chi connectivity index (χ1) is 8.63. The van der Waals surface area contributed by atoms with Gasteiger partial charge in [0.2, 0.25) is 0 Å². The molecule has 0 aromatic heterocycles. The number of hydrogen-bond donors (Lipinski definition) is 2. The average Bonchev–Trinajstić information content (AvgIpc) is 2.74. The van der Waals surface area contributed by atoms with Gasteiger partial charge in [0.25, 0.3) is 0 Å². The number of nitrogens with two attached hydrogens (primary N) is 2. The summed E-state index contributed by atoms with van der Waals surface area (Å²) < 4.78 is 0. The van der Waals surface area contributed by atoms with Crippen molar-refractivity contribution < 1.29 is 0 Å². The molecule has 1 atom stereocenters. The Morgan fingerprint density at radius 2 is 1.94 bits per heavy atom. The number of thioether (sulfide) groups is 1. The third kappa shape index (κ3) is 1.93. The molecule has 5 nitrogen and oxygen atoms in total. The van der Waals surface area contributed by atoms with Gasteiger partial charge in [0, 0.05) is 16.7 Å².